The fraction of sp³-hybridized carbons (Fsp3) is 0.643. The lowest BCUT2D eigenvalue weighted by Crippen LogP contribution is -2.24. The molecule has 1 aromatic heterocycles. The van der Waals surface area contributed by atoms with Gasteiger partial charge in [0.2, 0.25) is 5.82 Å². The Hall–Kier alpha value is -1.93. The first-order valence-corrected chi connectivity index (χ1v) is 7.35. The van der Waals surface area contributed by atoms with E-state index >= 15 is 0 Å². The molecule has 2 rings (SSSR count). The van der Waals surface area contributed by atoms with Crippen LogP contribution < -0.4 is 0 Å². The number of rotatable bonds is 7. The van der Waals surface area contributed by atoms with Crippen molar-refractivity contribution < 1.29 is 14.4 Å². The van der Waals surface area contributed by atoms with E-state index in [0.717, 1.165) is 19.3 Å². The first kappa shape index (κ1) is 16.4. The number of imidazole rings is 1. The number of hydrogen-bond donors (Lipinski definition) is 0. The second-order valence-electron chi connectivity index (χ2n) is 5.33. The molecule has 0 N–H and O–H groups in total. The Morgan fingerprint density at radius 1 is 1.59 bits per heavy atom. The maximum atomic E-state index is 11.1. The highest BCUT2D eigenvalue weighted by Gasteiger charge is 2.20. The lowest BCUT2D eigenvalue weighted by atomic mass is 10.2. The second kappa shape index (κ2) is 7.90. The molecule has 8 heteroatoms. The Morgan fingerprint density at radius 3 is 3.05 bits per heavy atom. The molecule has 1 saturated heterocycles. The van der Waals surface area contributed by atoms with Gasteiger partial charge in [-0.25, -0.2) is 9.55 Å². The number of ether oxygens (including phenoxy) is 2. The third-order valence-electron chi connectivity index (χ3n) is 3.33. The standard InChI is InChI=1S/C14H22N4O4/c1-16(2)7-6-12-15-11-13(18(19)20)17(12)8-10-22-14-5-3-4-9-21-14/h6-7,11,14H,3-5,8-10H2,1-2H3. The van der Waals surface area contributed by atoms with E-state index in [4.69, 9.17) is 9.47 Å². The summed E-state index contributed by atoms with van der Waals surface area (Å²) in [7, 11) is 3.75. The van der Waals surface area contributed by atoms with Crippen LogP contribution in [0.5, 0.6) is 0 Å². The van der Waals surface area contributed by atoms with Crippen molar-refractivity contribution in [1.82, 2.24) is 14.5 Å². The molecule has 1 unspecified atom stereocenters. The fourth-order valence-corrected chi connectivity index (χ4v) is 2.22. The average Bonchev–Trinajstić information content (AvgIpc) is 2.89. The van der Waals surface area contributed by atoms with Gasteiger partial charge in [-0.1, -0.05) is 0 Å². The molecular weight excluding hydrogens is 288 g/mol. The fourth-order valence-electron chi connectivity index (χ4n) is 2.22. The number of nitro groups is 1. The van der Waals surface area contributed by atoms with Crippen molar-refractivity contribution in [3.05, 3.63) is 28.3 Å². The molecule has 122 valence electrons. The Labute approximate surface area is 129 Å². The molecule has 1 aliphatic rings. The normalized spacial score (nSPS) is 18.7. The molecule has 8 nitrogen and oxygen atoms in total. The van der Waals surface area contributed by atoms with Gasteiger partial charge in [-0.15, -0.1) is 0 Å². The van der Waals surface area contributed by atoms with Crippen molar-refractivity contribution in [2.75, 3.05) is 27.3 Å². The Bertz CT molecular complexity index is 521. The molecule has 2 heterocycles. The summed E-state index contributed by atoms with van der Waals surface area (Å²) >= 11 is 0. The third-order valence-corrected chi connectivity index (χ3v) is 3.33. The van der Waals surface area contributed by atoms with Crippen molar-refractivity contribution in [3.8, 4) is 0 Å². The van der Waals surface area contributed by atoms with E-state index in [-0.39, 0.29) is 12.1 Å². The quantitative estimate of drug-likeness (QED) is 0.565. The summed E-state index contributed by atoms with van der Waals surface area (Å²) in [6.45, 7) is 1.43. The van der Waals surface area contributed by atoms with Crippen molar-refractivity contribution in [2.24, 2.45) is 0 Å². The largest absolute Gasteiger partial charge is 0.383 e. The second-order valence-corrected chi connectivity index (χ2v) is 5.33. The first-order chi connectivity index (χ1) is 10.6. The predicted molar refractivity (Wildman–Crippen MR) is 81.1 cm³/mol. The van der Waals surface area contributed by atoms with E-state index in [1.54, 1.807) is 16.8 Å². The molecular formula is C14H22N4O4. The van der Waals surface area contributed by atoms with Crippen molar-refractivity contribution in [2.45, 2.75) is 32.1 Å². The molecule has 0 bridgehead atoms. The first-order valence-electron chi connectivity index (χ1n) is 7.35. The zero-order chi connectivity index (χ0) is 15.9. The van der Waals surface area contributed by atoms with Crippen LogP contribution in [0.25, 0.3) is 6.08 Å². The van der Waals surface area contributed by atoms with Gasteiger partial charge < -0.3 is 24.5 Å². The molecule has 22 heavy (non-hydrogen) atoms. The van der Waals surface area contributed by atoms with E-state index in [9.17, 15) is 10.1 Å². The monoisotopic (exact) mass is 310 g/mol. The highest BCUT2D eigenvalue weighted by atomic mass is 16.7. The smallest absolute Gasteiger partial charge is 0.343 e. The van der Waals surface area contributed by atoms with Gasteiger partial charge in [-0.2, -0.15) is 0 Å². The van der Waals surface area contributed by atoms with Crippen molar-refractivity contribution >= 4 is 11.9 Å². The lowest BCUT2D eigenvalue weighted by molar-refractivity contribution is -0.392. The Morgan fingerprint density at radius 2 is 2.41 bits per heavy atom. The zero-order valence-corrected chi connectivity index (χ0v) is 13.0. The van der Waals surface area contributed by atoms with Gasteiger partial charge in [0.15, 0.2) is 6.29 Å². The predicted octanol–water partition coefficient (Wildman–Crippen LogP) is 1.87. The van der Waals surface area contributed by atoms with E-state index in [1.807, 2.05) is 19.0 Å². The minimum absolute atomic E-state index is 0.0356. The molecule has 1 aliphatic heterocycles. The SMILES string of the molecule is CN(C)C=Cc1ncc([N+](=O)[O-])n1CCOC1CCCCO1. The van der Waals surface area contributed by atoms with Crippen LogP contribution in [0.4, 0.5) is 5.82 Å². The molecule has 1 atom stereocenters. The van der Waals surface area contributed by atoms with Crippen LogP contribution in [0.15, 0.2) is 12.4 Å². The number of nitrogens with zero attached hydrogens (tertiary/aromatic N) is 4. The van der Waals surface area contributed by atoms with Gasteiger partial charge in [-0.05, 0) is 24.2 Å². The summed E-state index contributed by atoms with van der Waals surface area (Å²) in [5.41, 5.74) is 0. The van der Waals surface area contributed by atoms with Gasteiger partial charge in [0.1, 0.15) is 12.7 Å². The highest BCUT2D eigenvalue weighted by molar-refractivity contribution is 5.43. The molecule has 0 radical (unpaired) electrons. The summed E-state index contributed by atoms with van der Waals surface area (Å²) < 4.78 is 12.7. The zero-order valence-electron chi connectivity index (χ0n) is 13.0. The van der Waals surface area contributed by atoms with Crippen LogP contribution in [0, 0.1) is 10.1 Å². The molecule has 0 amide bonds. The van der Waals surface area contributed by atoms with Gasteiger partial charge in [0, 0.05) is 33.0 Å². The maximum Gasteiger partial charge on any atom is 0.343 e. The Balaban J connectivity index is 2.00. The van der Waals surface area contributed by atoms with Crippen LogP contribution in [0.2, 0.25) is 0 Å². The highest BCUT2D eigenvalue weighted by Crippen LogP contribution is 2.17. The summed E-state index contributed by atoms with van der Waals surface area (Å²) in [5, 5.41) is 11.1. The van der Waals surface area contributed by atoms with E-state index < -0.39 is 4.92 Å². The van der Waals surface area contributed by atoms with Gasteiger partial charge in [-0.3, -0.25) is 0 Å². The lowest BCUT2D eigenvalue weighted by Gasteiger charge is -2.22. The van der Waals surface area contributed by atoms with Crippen LogP contribution >= 0.6 is 0 Å². The summed E-state index contributed by atoms with van der Waals surface area (Å²) in [5.74, 6) is 0.500. The summed E-state index contributed by atoms with van der Waals surface area (Å²) in [6, 6.07) is 0. The maximum absolute atomic E-state index is 11.1. The number of aromatic nitrogens is 2. The van der Waals surface area contributed by atoms with Gasteiger partial charge >= 0.3 is 5.82 Å². The Kier molecular flexibility index (Phi) is 5.91. The molecule has 1 fully saturated rings. The molecule has 0 aliphatic carbocycles. The van der Waals surface area contributed by atoms with E-state index in [1.165, 1.54) is 6.20 Å². The third kappa shape index (κ3) is 4.54. The molecule has 0 saturated carbocycles. The summed E-state index contributed by atoms with van der Waals surface area (Å²) in [4.78, 5) is 16.6. The van der Waals surface area contributed by atoms with Crippen LogP contribution in [-0.4, -0.2) is 53.0 Å². The average molecular weight is 310 g/mol. The molecule has 0 aromatic carbocycles. The van der Waals surface area contributed by atoms with Crippen molar-refractivity contribution in [1.29, 1.82) is 0 Å². The number of hydrogen-bond acceptors (Lipinski definition) is 6. The van der Waals surface area contributed by atoms with E-state index in [2.05, 4.69) is 4.98 Å². The minimum atomic E-state index is -0.433. The van der Waals surface area contributed by atoms with Crippen LogP contribution in [-0.2, 0) is 16.0 Å². The van der Waals surface area contributed by atoms with Crippen LogP contribution in [0.1, 0.15) is 25.1 Å². The van der Waals surface area contributed by atoms with Crippen molar-refractivity contribution in [3.63, 3.8) is 0 Å². The molecule has 1 aromatic rings. The van der Waals surface area contributed by atoms with Gasteiger partial charge in [0.25, 0.3) is 0 Å². The molecule has 0 spiro atoms. The van der Waals surface area contributed by atoms with Crippen LogP contribution in [0.3, 0.4) is 0 Å². The van der Waals surface area contributed by atoms with E-state index in [0.29, 0.717) is 25.6 Å². The topological polar surface area (TPSA) is 82.7 Å². The minimum Gasteiger partial charge on any atom is -0.383 e. The summed E-state index contributed by atoms with van der Waals surface area (Å²) in [6.07, 6.45) is 7.64. The van der Waals surface area contributed by atoms with Gasteiger partial charge in [0.05, 0.1) is 6.61 Å².